The van der Waals surface area contributed by atoms with E-state index in [9.17, 15) is 16.8 Å². The molecule has 0 fully saturated rings. The van der Waals surface area contributed by atoms with Crippen molar-refractivity contribution in [3.8, 4) is 0 Å². The van der Waals surface area contributed by atoms with Gasteiger partial charge in [-0.15, -0.1) is 0 Å². The Balaban J connectivity index is 3.28. The van der Waals surface area contributed by atoms with Crippen molar-refractivity contribution >= 4 is 20.1 Å². The summed E-state index contributed by atoms with van der Waals surface area (Å²) in [6, 6.07) is 0. The van der Waals surface area contributed by atoms with Gasteiger partial charge >= 0.3 is 0 Å². The SMILES string of the molecule is CCCCCCCCCCCCCCCCCCCNS(=O)(=O)CCS(=O)(=O)O. The smallest absolute Gasteiger partial charge is 0.265 e. The Kier molecular flexibility index (Phi) is 18.5. The van der Waals surface area contributed by atoms with Gasteiger partial charge in [0.05, 0.1) is 11.5 Å². The summed E-state index contributed by atoms with van der Waals surface area (Å²) in [4.78, 5) is 0. The van der Waals surface area contributed by atoms with Gasteiger partial charge in [-0.2, -0.15) is 8.42 Å². The average Bonchev–Trinajstić information content (AvgIpc) is 2.65. The highest BCUT2D eigenvalue weighted by atomic mass is 32.2. The molecule has 8 heteroatoms. The number of nitrogens with one attached hydrogen (secondary N) is 1. The van der Waals surface area contributed by atoms with Gasteiger partial charge in [-0.3, -0.25) is 4.55 Å². The van der Waals surface area contributed by atoms with Crippen LogP contribution < -0.4 is 4.72 Å². The Bertz CT molecular complexity index is 562. The first-order valence-electron chi connectivity index (χ1n) is 11.7. The van der Waals surface area contributed by atoms with E-state index in [0.717, 1.165) is 19.3 Å². The van der Waals surface area contributed by atoms with Crippen molar-refractivity contribution in [2.45, 2.75) is 116 Å². The van der Waals surface area contributed by atoms with E-state index in [0.29, 0.717) is 6.54 Å². The van der Waals surface area contributed by atoms with Crippen LogP contribution in [0.5, 0.6) is 0 Å². The highest BCUT2D eigenvalue weighted by Gasteiger charge is 2.14. The van der Waals surface area contributed by atoms with Gasteiger partial charge in [0.2, 0.25) is 10.0 Å². The lowest BCUT2D eigenvalue weighted by Gasteiger charge is -2.06. The second kappa shape index (κ2) is 18.6. The van der Waals surface area contributed by atoms with E-state index in [1.807, 2.05) is 0 Å². The summed E-state index contributed by atoms with van der Waals surface area (Å²) < 4.78 is 55.3. The maximum atomic E-state index is 11.6. The molecular weight excluding hydrogens is 410 g/mol. The zero-order valence-corrected chi connectivity index (χ0v) is 20.2. The fourth-order valence-corrected chi connectivity index (χ4v) is 5.68. The van der Waals surface area contributed by atoms with Gasteiger partial charge in [0, 0.05) is 6.54 Å². The molecule has 0 aromatic carbocycles. The highest BCUT2D eigenvalue weighted by Crippen LogP contribution is 2.13. The normalized spacial score (nSPS) is 12.5. The molecule has 0 atom stereocenters. The van der Waals surface area contributed by atoms with Crippen molar-refractivity contribution in [2.75, 3.05) is 18.1 Å². The largest absolute Gasteiger partial charge is 0.286 e. The zero-order valence-electron chi connectivity index (χ0n) is 18.5. The topological polar surface area (TPSA) is 101 Å². The minimum atomic E-state index is -4.24. The Morgan fingerprint density at radius 2 is 0.897 bits per heavy atom. The molecule has 0 spiro atoms. The molecule has 0 saturated heterocycles. The van der Waals surface area contributed by atoms with E-state index in [2.05, 4.69) is 11.6 Å². The summed E-state index contributed by atoms with van der Waals surface area (Å²) in [6.45, 7) is 2.58. The summed E-state index contributed by atoms with van der Waals surface area (Å²) >= 11 is 0. The van der Waals surface area contributed by atoms with Gasteiger partial charge in [0.25, 0.3) is 10.1 Å². The fourth-order valence-electron chi connectivity index (χ4n) is 3.36. The van der Waals surface area contributed by atoms with Crippen LogP contribution in [-0.2, 0) is 20.1 Å². The van der Waals surface area contributed by atoms with Crippen molar-refractivity contribution in [2.24, 2.45) is 0 Å². The molecule has 0 saturated carbocycles. The molecule has 176 valence electrons. The molecule has 0 aromatic heterocycles. The molecule has 0 aliphatic carbocycles. The van der Waals surface area contributed by atoms with E-state index >= 15 is 0 Å². The van der Waals surface area contributed by atoms with Gasteiger partial charge in [-0.25, -0.2) is 13.1 Å². The molecule has 0 rings (SSSR count). The molecule has 0 aliphatic rings. The fraction of sp³-hybridized carbons (Fsp3) is 1.00. The van der Waals surface area contributed by atoms with Crippen LogP contribution in [0.4, 0.5) is 0 Å². The molecular formula is C21H45NO5S2. The minimum Gasteiger partial charge on any atom is -0.286 e. The van der Waals surface area contributed by atoms with E-state index in [1.54, 1.807) is 0 Å². The average molecular weight is 456 g/mol. The first-order chi connectivity index (χ1) is 13.8. The van der Waals surface area contributed by atoms with E-state index in [1.165, 1.54) is 89.9 Å². The van der Waals surface area contributed by atoms with Crippen LogP contribution in [-0.4, -0.2) is 39.4 Å². The van der Waals surface area contributed by atoms with Crippen LogP contribution in [0.2, 0.25) is 0 Å². The number of hydrogen-bond acceptors (Lipinski definition) is 4. The number of sulfonamides is 1. The summed E-state index contributed by atoms with van der Waals surface area (Å²) in [7, 11) is -7.87. The molecule has 2 N–H and O–H groups in total. The van der Waals surface area contributed by atoms with Crippen LogP contribution >= 0.6 is 0 Å². The predicted molar refractivity (Wildman–Crippen MR) is 122 cm³/mol. The van der Waals surface area contributed by atoms with Crippen LogP contribution in [0.3, 0.4) is 0 Å². The number of hydrogen-bond donors (Lipinski definition) is 2. The first kappa shape index (κ1) is 28.8. The summed E-state index contributed by atoms with van der Waals surface area (Å²) in [6.07, 6.45) is 21.7. The minimum absolute atomic E-state index is 0.326. The maximum absolute atomic E-state index is 11.6. The van der Waals surface area contributed by atoms with Crippen molar-refractivity contribution < 1.29 is 21.4 Å². The maximum Gasteiger partial charge on any atom is 0.265 e. The molecule has 0 bridgehead atoms. The Hall–Kier alpha value is -0.180. The Morgan fingerprint density at radius 3 is 1.24 bits per heavy atom. The molecule has 0 radical (unpaired) electrons. The molecule has 6 nitrogen and oxygen atoms in total. The molecule has 29 heavy (non-hydrogen) atoms. The van der Waals surface area contributed by atoms with Crippen molar-refractivity contribution in [1.82, 2.24) is 4.72 Å². The first-order valence-corrected chi connectivity index (χ1v) is 15.0. The third-order valence-electron chi connectivity index (χ3n) is 5.21. The number of unbranched alkanes of at least 4 members (excludes halogenated alkanes) is 16. The van der Waals surface area contributed by atoms with Crippen LogP contribution in [0.15, 0.2) is 0 Å². The van der Waals surface area contributed by atoms with Crippen LogP contribution in [0.1, 0.15) is 116 Å². The second-order valence-electron chi connectivity index (χ2n) is 8.16. The van der Waals surface area contributed by atoms with Crippen LogP contribution in [0.25, 0.3) is 0 Å². The van der Waals surface area contributed by atoms with E-state index < -0.39 is 31.6 Å². The van der Waals surface area contributed by atoms with Gasteiger partial charge in [0.1, 0.15) is 0 Å². The highest BCUT2D eigenvalue weighted by molar-refractivity contribution is 7.91. The van der Waals surface area contributed by atoms with Crippen molar-refractivity contribution in [3.63, 3.8) is 0 Å². The quantitative estimate of drug-likeness (QED) is 0.167. The third-order valence-corrected chi connectivity index (χ3v) is 7.58. The van der Waals surface area contributed by atoms with Gasteiger partial charge in [-0.1, -0.05) is 110 Å². The summed E-state index contributed by atoms with van der Waals surface area (Å²) in [5, 5.41) is 0. The van der Waals surface area contributed by atoms with Crippen LogP contribution in [0, 0.1) is 0 Å². The van der Waals surface area contributed by atoms with E-state index in [-0.39, 0.29) is 0 Å². The second-order valence-corrected chi connectivity index (χ2v) is 11.7. The molecule has 0 amide bonds. The summed E-state index contributed by atoms with van der Waals surface area (Å²) in [5.74, 6) is -1.35. The number of rotatable bonds is 22. The lowest BCUT2D eigenvalue weighted by molar-refractivity contribution is 0.483. The molecule has 0 unspecified atom stereocenters. The lowest BCUT2D eigenvalue weighted by atomic mass is 10.0. The van der Waals surface area contributed by atoms with Gasteiger partial charge < -0.3 is 0 Å². The van der Waals surface area contributed by atoms with Gasteiger partial charge in [0.15, 0.2) is 0 Å². The standard InChI is InChI=1S/C21H45NO5S2/c1-2-3-4-5-6-7-8-9-10-11-12-13-14-15-16-17-18-19-22-28(23,24)20-21-29(25,26)27/h22H,2-21H2,1H3,(H,25,26,27). The van der Waals surface area contributed by atoms with Gasteiger partial charge in [-0.05, 0) is 6.42 Å². The molecule has 0 aliphatic heterocycles. The zero-order chi connectivity index (χ0) is 21.8. The third kappa shape index (κ3) is 24.0. The Labute approximate surface area is 180 Å². The predicted octanol–water partition coefficient (Wildman–Crippen LogP) is 5.45. The molecule has 0 aromatic rings. The van der Waals surface area contributed by atoms with Crippen molar-refractivity contribution in [1.29, 1.82) is 0 Å². The Morgan fingerprint density at radius 1 is 0.552 bits per heavy atom. The van der Waals surface area contributed by atoms with Crippen molar-refractivity contribution in [3.05, 3.63) is 0 Å². The lowest BCUT2D eigenvalue weighted by Crippen LogP contribution is -2.30. The molecule has 0 heterocycles. The summed E-state index contributed by atoms with van der Waals surface area (Å²) in [5.41, 5.74) is 0. The van der Waals surface area contributed by atoms with E-state index in [4.69, 9.17) is 4.55 Å². The monoisotopic (exact) mass is 455 g/mol.